The Hall–Kier alpha value is -2.56. The Morgan fingerprint density at radius 3 is 2.25 bits per heavy atom. The van der Waals surface area contributed by atoms with Crippen LogP contribution in [0.15, 0.2) is 47.3 Å². The van der Waals surface area contributed by atoms with Gasteiger partial charge in [0, 0.05) is 17.3 Å². The standard InChI is InChI=1S/C15H16N2O3/c1-10(2)16-14(18)11-3-5-13(6-4-11)17-15(19)12-7-8-20-9-12/h3-10H,1-2H3,(H,16,18)(H,17,19). The van der Waals surface area contributed by atoms with Crippen LogP contribution in [0, 0.1) is 0 Å². The highest BCUT2D eigenvalue weighted by atomic mass is 16.3. The third-order valence-corrected chi connectivity index (χ3v) is 2.61. The monoisotopic (exact) mass is 272 g/mol. The molecule has 0 bridgehead atoms. The SMILES string of the molecule is CC(C)NC(=O)c1ccc(NC(=O)c2ccoc2)cc1. The third kappa shape index (κ3) is 3.47. The van der Waals surface area contributed by atoms with Crippen LogP contribution in [0.4, 0.5) is 5.69 Å². The van der Waals surface area contributed by atoms with E-state index < -0.39 is 0 Å². The van der Waals surface area contributed by atoms with Crippen molar-refractivity contribution in [3.8, 4) is 0 Å². The number of rotatable bonds is 4. The maximum absolute atomic E-state index is 11.8. The number of hydrogen-bond acceptors (Lipinski definition) is 3. The topological polar surface area (TPSA) is 71.3 Å². The van der Waals surface area contributed by atoms with Crippen molar-refractivity contribution in [1.82, 2.24) is 5.32 Å². The Morgan fingerprint density at radius 2 is 1.70 bits per heavy atom. The van der Waals surface area contributed by atoms with Crippen molar-refractivity contribution in [2.24, 2.45) is 0 Å². The van der Waals surface area contributed by atoms with Crippen LogP contribution in [0.1, 0.15) is 34.6 Å². The highest BCUT2D eigenvalue weighted by Crippen LogP contribution is 2.12. The van der Waals surface area contributed by atoms with E-state index in [-0.39, 0.29) is 17.9 Å². The number of carbonyl (C=O) groups is 2. The second-order valence-corrected chi connectivity index (χ2v) is 4.67. The quantitative estimate of drug-likeness (QED) is 0.898. The lowest BCUT2D eigenvalue weighted by Gasteiger charge is -2.09. The maximum atomic E-state index is 11.8. The molecular weight excluding hydrogens is 256 g/mol. The smallest absolute Gasteiger partial charge is 0.258 e. The summed E-state index contributed by atoms with van der Waals surface area (Å²) in [7, 11) is 0. The van der Waals surface area contributed by atoms with Crippen LogP contribution in [0.25, 0.3) is 0 Å². The van der Waals surface area contributed by atoms with Gasteiger partial charge in [-0.1, -0.05) is 0 Å². The molecule has 0 saturated heterocycles. The molecule has 2 rings (SSSR count). The number of carbonyl (C=O) groups excluding carboxylic acids is 2. The summed E-state index contributed by atoms with van der Waals surface area (Å²) in [6, 6.07) is 8.38. The van der Waals surface area contributed by atoms with Gasteiger partial charge in [-0.15, -0.1) is 0 Å². The zero-order valence-corrected chi connectivity index (χ0v) is 11.3. The molecule has 2 amide bonds. The van der Waals surface area contributed by atoms with Gasteiger partial charge >= 0.3 is 0 Å². The van der Waals surface area contributed by atoms with Gasteiger partial charge in [-0.05, 0) is 44.2 Å². The van der Waals surface area contributed by atoms with Crippen molar-refractivity contribution >= 4 is 17.5 Å². The molecule has 1 aromatic heterocycles. The molecular formula is C15H16N2O3. The summed E-state index contributed by atoms with van der Waals surface area (Å²) in [4.78, 5) is 23.6. The van der Waals surface area contributed by atoms with Gasteiger partial charge in [-0.25, -0.2) is 0 Å². The van der Waals surface area contributed by atoms with Gasteiger partial charge in [0.15, 0.2) is 0 Å². The fourth-order valence-electron chi connectivity index (χ4n) is 1.65. The molecule has 0 unspecified atom stereocenters. The number of hydrogen-bond donors (Lipinski definition) is 2. The molecule has 0 aliphatic heterocycles. The molecule has 1 aromatic carbocycles. The van der Waals surface area contributed by atoms with Crippen LogP contribution >= 0.6 is 0 Å². The van der Waals surface area contributed by atoms with Crippen molar-refractivity contribution < 1.29 is 14.0 Å². The lowest BCUT2D eigenvalue weighted by molar-refractivity contribution is 0.0942. The summed E-state index contributed by atoms with van der Waals surface area (Å²) in [5.41, 5.74) is 1.63. The van der Waals surface area contributed by atoms with Gasteiger partial charge in [0.05, 0.1) is 11.8 Å². The summed E-state index contributed by atoms with van der Waals surface area (Å²) >= 11 is 0. The Balaban J connectivity index is 2.01. The minimum Gasteiger partial charge on any atom is -0.472 e. The summed E-state index contributed by atoms with van der Waals surface area (Å²) in [5.74, 6) is -0.383. The average molecular weight is 272 g/mol. The molecule has 0 spiro atoms. The Morgan fingerprint density at radius 1 is 1.00 bits per heavy atom. The molecule has 2 N–H and O–H groups in total. The minimum atomic E-state index is -0.252. The molecule has 1 heterocycles. The number of benzene rings is 1. The molecule has 0 fully saturated rings. The predicted octanol–water partition coefficient (Wildman–Crippen LogP) is 2.67. The van der Waals surface area contributed by atoms with Crippen LogP contribution in [-0.2, 0) is 0 Å². The van der Waals surface area contributed by atoms with Crippen LogP contribution in [0.3, 0.4) is 0 Å². The highest BCUT2D eigenvalue weighted by molar-refractivity contribution is 6.04. The van der Waals surface area contributed by atoms with E-state index in [9.17, 15) is 9.59 Å². The normalized spacial score (nSPS) is 10.3. The zero-order chi connectivity index (χ0) is 14.5. The predicted molar refractivity (Wildman–Crippen MR) is 75.7 cm³/mol. The number of furan rings is 1. The molecule has 0 radical (unpaired) electrons. The first-order valence-electron chi connectivity index (χ1n) is 6.31. The van der Waals surface area contributed by atoms with Crippen molar-refractivity contribution in [2.75, 3.05) is 5.32 Å². The molecule has 2 aromatic rings. The first-order chi connectivity index (χ1) is 9.56. The van der Waals surface area contributed by atoms with Crippen molar-refractivity contribution in [3.05, 3.63) is 54.0 Å². The van der Waals surface area contributed by atoms with Crippen molar-refractivity contribution in [1.29, 1.82) is 0 Å². The van der Waals surface area contributed by atoms with Gasteiger partial charge < -0.3 is 15.1 Å². The molecule has 0 saturated carbocycles. The maximum Gasteiger partial charge on any atom is 0.258 e. The third-order valence-electron chi connectivity index (χ3n) is 2.61. The number of amides is 2. The molecule has 0 aliphatic carbocycles. The fourth-order valence-corrected chi connectivity index (χ4v) is 1.65. The van der Waals surface area contributed by atoms with Crippen LogP contribution in [-0.4, -0.2) is 17.9 Å². The van der Waals surface area contributed by atoms with Crippen LogP contribution in [0.2, 0.25) is 0 Å². The molecule has 5 nitrogen and oxygen atoms in total. The van der Waals surface area contributed by atoms with E-state index in [0.717, 1.165) is 0 Å². The zero-order valence-electron chi connectivity index (χ0n) is 11.3. The van der Waals surface area contributed by atoms with E-state index in [1.165, 1.54) is 12.5 Å². The van der Waals surface area contributed by atoms with E-state index >= 15 is 0 Å². The minimum absolute atomic E-state index is 0.0861. The second-order valence-electron chi connectivity index (χ2n) is 4.67. The lowest BCUT2D eigenvalue weighted by atomic mass is 10.2. The second kappa shape index (κ2) is 6.06. The molecule has 5 heteroatoms. The first kappa shape index (κ1) is 13.9. The van der Waals surface area contributed by atoms with Gasteiger partial charge in [0.25, 0.3) is 11.8 Å². The van der Waals surface area contributed by atoms with E-state index in [4.69, 9.17) is 4.42 Å². The summed E-state index contributed by atoms with van der Waals surface area (Å²) < 4.78 is 4.85. The van der Waals surface area contributed by atoms with Crippen LogP contribution in [0.5, 0.6) is 0 Å². The molecule has 0 atom stereocenters. The molecule has 104 valence electrons. The summed E-state index contributed by atoms with van der Waals surface area (Å²) in [5, 5.41) is 5.52. The van der Waals surface area contributed by atoms with Gasteiger partial charge in [-0.2, -0.15) is 0 Å². The van der Waals surface area contributed by atoms with Gasteiger partial charge in [0.2, 0.25) is 0 Å². The van der Waals surface area contributed by atoms with E-state index in [1.54, 1.807) is 30.3 Å². The molecule has 0 aliphatic rings. The number of anilines is 1. The summed E-state index contributed by atoms with van der Waals surface area (Å²) in [6.45, 7) is 3.80. The first-order valence-corrected chi connectivity index (χ1v) is 6.31. The Labute approximate surface area is 117 Å². The average Bonchev–Trinajstić information content (AvgIpc) is 2.92. The number of nitrogens with one attached hydrogen (secondary N) is 2. The van der Waals surface area contributed by atoms with Gasteiger partial charge in [0.1, 0.15) is 6.26 Å². The Kier molecular flexibility index (Phi) is 4.20. The van der Waals surface area contributed by atoms with E-state index in [1.807, 2.05) is 13.8 Å². The largest absolute Gasteiger partial charge is 0.472 e. The fraction of sp³-hybridized carbons (Fsp3) is 0.200. The van der Waals surface area contributed by atoms with Crippen LogP contribution < -0.4 is 10.6 Å². The highest BCUT2D eigenvalue weighted by Gasteiger charge is 2.09. The Bertz CT molecular complexity index is 586. The molecule has 20 heavy (non-hydrogen) atoms. The van der Waals surface area contributed by atoms with E-state index in [0.29, 0.717) is 16.8 Å². The van der Waals surface area contributed by atoms with Gasteiger partial charge in [-0.3, -0.25) is 9.59 Å². The summed E-state index contributed by atoms with van der Waals surface area (Å²) in [6.07, 6.45) is 2.81. The van der Waals surface area contributed by atoms with Crippen molar-refractivity contribution in [3.63, 3.8) is 0 Å². The lowest BCUT2D eigenvalue weighted by Crippen LogP contribution is -2.29. The van der Waals surface area contributed by atoms with Crippen molar-refractivity contribution in [2.45, 2.75) is 19.9 Å². The van der Waals surface area contributed by atoms with E-state index in [2.05, 4.69) is 10.6 Å².